The summed E-state index contributed by atoms with van der Waals surface area (Å²) >= 11 is 5.62. The molecule has 0 saturated heterocycles. The monoisotopic (exact) mass is 270 g/mol. The number of nitrogens with zero attached hydrogens (tertiary/aromatic N) is 2. The van der Waals surface area contributed by atoms with E-state index < -0.39 is 11.6 Å². The Morgan fingerprint density at radius 3 is 2.56 bits per heavy atom. The fourth-order valence-electron chi connectivity index (χ4n) is 1.42. The molecule has 0 N–H and O–H groups in total. The third-order valence-electron chi connectivity index (χ3n) is 2.25. The fraction of sp³-hybridized carbons (Fsp3) is 0.167. The number of hydrogen-bond acceptors (Lipinski definition) is 3. The van der Waals surface area contributed by atoms with E-state index in [1.54, 1.807) is 0 Å². The number of benzene rings is 1. The van der Waals surface area contributed by atoms with Crippen LogP contribution in [-0.4, -0.2) is 16.6 Å². The smallest absolute Gasteiger partial charge is 0.233 e. The molecular formula is C12H9ClF2N2O. The van der Waals surface area contributed by atoms with Crippen LogP contribution in [0.25, 0.3) is 0 Å². The molecule has 0 aliphatic rings. The molecule has 18 heavy (non-hydrogen) atoms. The van der Waals surface area contributed by atoms with Gasteiger partial charge in [-0.25, -0.2) is 8.78 Å². The molecule has 1 aromatic carbocycles. The molecule has 3 nitrogen and oxygen atoms in total. The summed E-state index contributed by atoms with van der Waals surface area (Å²) in [4.78, 5) is 7.62. The van der Waals surface area contributed by atoms with Crippen molar-refractivity contribution in [1.82, 2.24) is 9.97 Å². The highest BCUT2D eigenvalue weighted by Crippen LogP contribution is 2.14. The van der Waals surface area contributed by atoms with Crippen molar-refractivity contribution >= 4 is 11.6 Å². The first-order valence-electron chi connectivity index (χ1n) is 5.20. The zero-order valence-electron chi connectivity index (χ0n) is 9.24. The summed E-state index contributed by atoms with van der Waals surface area (Å²) in [6, 6.07) is 3.73. The Kier molecular flexibility index (Phi) is 4.04. The quantitative estimate of drug-likeness (QED) is 0.857. The van der Waals surface area contributed by atoms with E-state index in [0.717, 1.165) is 0 Å². The summed E-state index contributed by atoms with van der Waals surface area (Å²) in [5.41, 5.74) is -0.00696. The van der Waals surface area contributed by atoms with Crippen molar-refractivity contribution < 1.29 is 13.5 Å². The summed E-state index contributed by atoms with van der Waals surface area (Å²) < 4.78 is 31.8. The Labute approximate surface area is 107 Å². The van der Waals surface area contributed by atoms with E-state index in [9.17, 15) is 8.78 Å². The van der Waals surface area contributed by atoms with Crippen LogP contribution >= 0.6 is 11.6 Å². The molecule has 0 aliphatic carbocycles. The van der Waals surface area contributed by atoms with E-state index in [2.05, 4.69) is 9.97 Å². The highest BCUT2D eigenvalue weighted by Gasteiger charge is 2.08. The van der Waals surface area contributed by atoms with Crippen LogP contribution in [0.3, 0.4) is 0 Å². The maximum atomic E-state index is 13.3. The van der Waals surface area contributed by atoms with Gasteiger partial charge >= 0.3 is 0 Å². The van der Waals surface area contributed by atoms with Gasteiger partial charge in [0.1, 0.15) is 11.6 Å². The van der Waals surface area contributed by atoms with Crippen molar-refractivity contribution in [3.05, 3.63) is 52.9 Å². The van der Waals surface area contributed by atoms with Crippen LogP contribution in [0.4, 0.5) is 8.78 Å². The lowest BCUT2D eigenvalue weighted by Gasteiger charge is -2.06. The lowest BCUT2D eigenvalue weighted by Crippen LogP contribution is -2.06. The maximum absolute atomic E-state index is 13.3. The van der Waals surface area contributed by atoms with Crippen LogP contribution in [0.15, 0.2) is 30.6 Å². The van der Waals surface area contributed by atoms with E-state index in [0.29, 0.717) is 0 Å². The molecule has 1 heterocycles. The molecule has 2 rings (SSSR count). The van der Waals surface area contributed by atoms with E-state index >= 15 is 0 Å². The van der Waals surface area contributed by atoms with Crippen molar-refractivity contribution in [2.24, 2.45) is 0 Å². The van der Waals surface area contributed by atoms with Gasteiger partial charge in [-0.2, -0.15) is 4.98 Å². The van der Waals surface area contributed by atoms with E-state index in [-0.39, 0.29) is 29.6 Å². The Balaban J connectivity index is 1.97. The molecule has 0 saturated carbocycles. The Hall–Kier alpha value is -1.75. The third-order valence-corrected chi connectivity index (χ3v) is 2.43. The van der Waals surface area contributed by atoms with Crippen LogP contribution in [0.1, 0.15) is 5.56 Å². The SMILES string of the molecule is Fc1cccc(F)c1CCOc1cncc(Cl)n1. The number of aromatic nitrogens is 2. The lowest BCUT2D eigenvalue weighted by atomic mass is 10.1. The van der Waals surface area contributed by atoms with Crippen LogP contribution in [0.2, 0.25) is 5.15 Å². The number of halogens is 3. The molecule has 1 aromatic heterocycles. The predicted molar refractivity (Wildman–Crippen MR) is 62.6 cm³/mol. The molecule has 0 unspecified atom stereocenters. The summed E-state index contributed by atoms with van der Waals surface area (Å²) in [5.74, 6) is -0.953. The van der Waals surface area contributed by atoms with Crippen molar-refractivity contribution in [2.75, 3.05) is 6.61 Å². The summed E-state index contributed by atoms with van der Waals surface area (Å²) in [7, 11) is 0. The summed E-state index contributed by atoms with van der Waals surface area (Å²) in [6.45, 7) is 0.0902. The van der Waals surface area contributed by atoms with Gasteiger partial charge in [-0.05, 0) is 12.1 Å². The zero-order valence-corrected chi connectivity index (χ0v) is 9.99. The van der Waals surface area contributed by atoms with Crippen LogP contribution < -0.4 is 4.74 Å². The molecule has 2 aromatic rings. The Bertz CT molecular complexity index is 531. The Morgan fingerprint density at radius 2 is 1.89 bits per heavy atom. The minimum Gasteiger partial charge on any atom is -0.476 e. The zero-order chi connectivity index (χ0) is 13.0. The molecule has 6 heteroatoms. The van der Waals surface area contributed by atoms with Crippen molar-refractivity contribution in [3.63, 3.8) is 0 Å². The van der Waals surface area contributed by atoms with E-state index in [4.69, 9.17) is 16.3 Å². The molecule has 94 valence electrons. The average Bonchev–Trinajstić information content (AvgIpc) is 2.33. The normalized spacial score (nSPS) is 10.4. The topological polar surface area (TPSA) is 35.0 Å². The molecule has 0 fully saturated rings. The molecule has 0 aliphatic heterocycles. The highest BCUT2D eigenvalue weighted by atomic mass is 35.5. The third kappa shape index (κ3) is 3.13. The van der Waals surface area contributed by atoms with Crippen LogP contribution in [0, 0.1) is 11.6 Å². The minimum absolute atomic E-state index is 0.00696. The largest absolute Gasteiger partial charge is 0.476 e. The number of ether oxygens (including phenoxy) is 1. The minimum atomic E-state index is -0.587. The van der Waals surface area contributed by atoms with Gasteiger partial charge < -0.3 is 4.74 Å². The van der Waals surface area contributed by atoms with Crippen molar-refractivity contribution in [2.45, 2.75) is 6.42 Å². The molecule has 0 radical (unpaired) electrons. The first-order valence-corrected chi connectivity index (χ1v) is 5.58. The van der Waals surface area contributed by atoms with Gasteiger partial charge in [-0.15, -0.1) is 0 Å². The summed E-state index contributed by atoms with van der Waals surface area (Å²) in [6.07, 6.45) is 2.85. The van der Waals surface area contributed by atoms with Crippen molar-refractivity contribution in [1.29, 1.82) is 0 Å². The van der Waals surface area contributed by atoms with Crippen LogP contribution in [0.5, 0.6) is 5.88 Å². The van der Waals surface area contributed by atoms with Gasteiger partial charge in [0, 0.05) is 12.0 Å². The molecular weight excluding hydrogens is 262 g/mol. The average molecular weight is 271 g/mol. The van der Waals surface area contributed by atoms with Gasteiger partial charge in [0.05, 0.1) is 19.0 Å². The van der Waals surface area contributed by atoms with Gasteiger partial charge in [0.2, 0.25) is 5.88 Å². The van der Waals surface area contributed by atoms with Gasteiger partial charge in [-0.1, -0.05) is 17.7 Å². The van der Waals surface area contributed by atoms with Crippen LogP contribution in [-0.2, 0) is 6.42 Å². The second-order valence-corrected chi connectivity index (χ2v) is 3.87. The van der Waals surface area contributed by atoms with E-state index in [1.807, 2.05) is 0 Å². The number of rotatable bonds is 4. The highest BCUT2D eigenvalue weighted by molar-refractivity contribution is 6.29. The Morgan fingerprint density at radius 1 is 1.17 bits per heavy atom. The molecule has 0 bridgehead atoms. The summed E-state index contributed by atoms with van der Waals surface area (Å²) in [5, 5.41) is 0.199. The van der Waals surface area contributed by atoms with Gasteiger partial charge in [0.25, 0.3) is 0 Å². The van der Waals surface area contributed by atoms with Gasteiger partial charge in [0.15, 0.2) is 5.15 Å². The molecule has 0 amide bonds. The lowest BCUT2D eigenvalue weighted by molar-refractivity contribution is 0.304. The molecule has 0 spiro atoms. The first-order chi connectivity index (χ1) is 8.66. The number of hydrogen-bond donors (Lipinski definition) is 0. The first kappa shape index (κ1) is 12.7. The molecule has 0 atom stereocenters. The second-order valence-electron chi connectivity index (χ2n) is 3.48. The van der Waals surface area contributed by atoms with E-state index in [1.165, 1.54) is 30.6 Å². The maximum Gasteiger partial charge on any atom is 0.233 e. The second kappa shape index (κ2) is 5.73. The standard InChI is InChI=1S/C12H9ClF2N2O/c13-11-6-16-7-12(17-11)18-5-4-8-9(14)2-1-3-10(8)15/h1-3,6-7H,4-5H2. The van der Waals surface area contributed by atoms with Gasteiger partial charge in [-0.3, -0.25) is 4.98 Å². The predicted octanol–water partition coefficient (Wildman–Crippen LogP) is 3.03. The van der Waals surface area contributed by atoms with Crippen molar-refractivity contribution in [3.8, 4) is 5.88 Å². The fourth-order valence-corrected chi connectivity index (χ4v) is 1.56.